The lowest BCUT2D eigenvalue weighted by Crippen LogP contribution is -2.18. The molecule has 1 atom stereocenters. The number of hydrogen-bond acceptors (Lipinski definition) is 3. The molecule has 1 aromatic carbocycles. The monoisotopic (exact) mass is 233 g/mol. The molecule has 1 aliphatic heterocycles. The Morgan fingerprint density at radius 2 is 1.93 bits per heavy atom. The summed E-state index contributed by atoms with van der Waals surface area (Å²) < 4.78 is 49.8. The molecule has 1 N–H and O–H groups in total. The Kier molecular flexibility index (Phi) is 2.27. The van der Waals surface area contributed by atoms with E-state index in [1.165, 1.54) is 7.05 Å². The van der Waals surface area contributed by atoms with E-state index in [-0.39, 0.29) is 11.3 Å². The van der Waals surface area contributed by atoms with Crippen LogP contribution in [-0.4, -0.2) is 21.2 Å². The fourth-order valence-electron chi connectivity index (χ4n) is 1.80. The zero-order valence-electron chi connectivity index (χ0n) is 7.92. The minimum atomic E-state index is -3.70. The second-order valence-corrected chi connectivity index (χ2v) is 5.37. The fourth-order valence-corrected chi connectivity index (χ4v) is 3.68. The minimum Gasteiger partial charge on any atom is -0.312 e. The molecule has 2 rings (SSSR count). The average Bonchev–Trinajstić information content (AvgIpc) is 2.45. The van der Waals surface area contributed by atoms with Gasteiger partial charge in [-0.05, 0) is 19.2 Å². The highest BCUT2D eigenvalue weighted by Gasteiger charge is 2.38. The van der Waals surface area contributed by atoms with Crippen molar-refractivity contribution in [1.82, 2.24) is 5.32 Å². The standard InChI is InChI=1S/C9H9F2NO2S/c1-12-7-4-15(13,14)9-6(11)3-2-5(10)8(7)9/h2-3,7,12H,4H2,1H3. The first-order valence-corrected chi connectivity index (χ1v) is 6.00. The van der Waals surface area contributed by atoms with Gasteiger partial charge in [-0.3, -0.25) is 0 Å². The van der Waals surface area contributed by atoms with E-state index in [4.69, 9.17) is 0 Å². The van der Waals surface area contributed by atoms with E-state index in [9.17, 15) is 17.2 Å². The van der Waals surface area contributed by atoms with E-state index in [0.29, 0.717) is 0 Å². The lowest BCUT2D eigenvalue weighted by atomic mass is 10.1. The zero-order valence-corrected chi connectivity index (χ0v) is 8.74. The predicted molar refractivity (Wildman–Crippen MR) is 50.2 cm³/mol. The van der Waals surface area contributed by atoms with Crippen LogP contribution in [0, 0.1) is 11.6 Å². The number of nitrogens with one attached hydrogen (secondary N) is 1. The van der Waals surface area contributed by atoms with E-state index in [2.05, 4.69) is 5.32 Å². The van der Waals surface area contributed by atoms with Crippen molar-refractivity contribution in [2.45, 2.75) is 10.9 Å². The van der Waals surface area contributed by atoms with E-state index in [0.717, 1.165) is 12.1 Å². The highest BCUT2D eigenvalue weighted by atomic mass is 32.2. The van der Waals surface area contributed by atoms with E-state index < -0.39 is 32.4 Å². The highest BCUT2D eigenvalue weighted by Crippen LogP contribution is 2.36. The second kappa shape index (κ2) is 3.24. The molecule has 1 unspecified atom stereocenters. The van der Waals surface area contributed by atoms with Gasteiger partial charge in [0, 0.05) is 5.56 Å². The van der Waals surface area contributed by atoms with Gasteiger partial charge in [-0.2, -0.15) is 0 Å². The van der Waals surface area contributed by atoms with Gasteiger partial charge in [-0.25, -0.2) is 17.2 Å². The molecule has 3 nitrogen and oxygen atoms in total. The number of sulfone groups is 1. The number of rotatable bonds is 1. The van der Waals surface area contributed by atoms with Gasteiger partial charge in [0.05, 0.1) is 11.8 Å². The van der Waals surface area contributed by atoms with Crippen LogP contribution in [0.1, 0.15) is 11.6 Å². The van der Waals surface area contributed by atoms with Gasteiger partial charge in [0.2, 0.25) is 0 Å². The van der Waals surface area contributed by atoms with Crippen LogP contribution in [0.25, 0.3) is 0 Å². The molecule has 1 aliphatic rings. The normalized spacial score (nSPS) is 22.7. The lowest BCUT2D eigenvalue weighted by molar-refractivity contribution is 0.535. The summed E-state index contributed by atoms with van der Waals surface area (Å²) >= 11 is 0. The number of halogens is 2. The quantitative estimate of drug-likeness (QED) is 0.787. The van der Waals surface area contributed by atoms with Crippen molar-refractivity contribution in [3.8, 4) is 0 Å². The molecule has 1 heterocycles. The van der Waals surface area contributed by atoms with Crippen LogP contribution in [0.5, 0.6) is 0 Å². The van der Waals surface area contributed by atoms with E-state index in [1.54, 1.807) is 0 Å². The third-order valence-corrected chi connectivity index (χ3v) is 4.30. The maximum absolute atomic E-state index is 13.4. The first kappa shape index (κ1) is 10.5. The average molecular weight is 233 g/mol. The minimum absolute atomic E-state index is 0.0856. The summed E-state index contributed by atoms with van der Waals surface area (Å²) in [6.45, 7) is 0. The molecule has 0 bridgehead atoms. The maximum atomic E-state index is 13.4. The Hall–Kier alpha value is -1.01. The molecular weight excluding hydrogens is 224 g/mol. The number of fused-ring (bicyclic) bond motifs is 1. The third kappa shape index (κ3) is 1.44. The Morgan fingerprint density at radius 3 is 2.53 bits per heavy atom. The van der Waals surface area contributed by atoms with Crippen molar-refractivity contribution in [2.75, 3.05) is 12.8 Å². The molecule has 0 amide bonds. The molecule has 0 spiro atoms. The molecule has 0 fully saturated rings. The Balaban J connectivity index is 2.79. The van der Waals surface area contributed by atoms with Crippen molar-refractivity contribution >= 4 is 9.84 Å². The molecule has 1 aromatic rings. The summed E-state index contributed by atoms with van der Waals surface area (Å²) in [5.41, 5.74) is -0.0856. The Bertz CT molecular complexity index is 513. The van der Waals surface area contributed by atoms with Gasteiger partial charge in [0.25, 0.3) is 0 Å². The van der Waals surface area contributed by atoms with Crippen LogP contribution >= 0.6 is 0 Å². The van der Waals surface area contributed by atoms with Crippen molar-refractivity contribution in [1.29, 1.82) is 0 Å². The van der Waals surface area contributed by atoms with Crippen molar-refractivity contribution < 1.29 is 17.2 Å². The maximum Gasteiger partial charge on any atom is 0.183 e. The smallest absolute Gasteiger partial charge is 0.183 e. The predicted octanol–water partition coefficient (Wildman–Crippen LogP) is 1.01. The summed E-state index contributed by atoms with van der Waals surface area (Å²) in [5, 5.41) is 2.66. The Morgan fingerprint density at radius 1 is 1.33 bits per heavy atom. The van der Waals surface area contributed by atoms with E-state index >= 15 is 0 Å². The van der Waals surface area contributed by atoms with Crippen LogP contribution in [0.15, 0.2) is 17.0 Å². The third-order valence-electron chi connectivity index (χ3n) is 2.49. The second-order valence-electron chi connectivity index (χ2n) is 3.39. The molecule has 0 saturated carbocycles. The molecule has 6 heteroatoms. The van der Waals surface area contributed by atoms with Gasteiger partial charge in [-0.1, -0.05) is 0 Å². The van der Waals surface area contributed by atoms with Crippen LogP contribution in [0.4, 0.5) is 8.78 Å². The van der Waals surface area contributed by atoms with Crippen LogP contribution in [0.3, 0.4) is 0 Å². The van der Waals surface area contributed by atoms with Crippen LogP contribution in [-0.2, 0) is 9.84 Å². The molecule has 82 valence electrons. The van der Waals surface area contributed by atoms with Crippen LogP contribution < -0.4 is 5.32 Å². The first-order valence-electron chi connectivity index (χ1n) is 4.35. The van der Waals surface area contributed by atoms with Gasteiger partial charge in [-0.15, -0.1) is 0 Å². The van der Waals surface area contributed by atoms with Crippen molar-refractivity contribution in [3.05, 3.63) is 29.3 Å². The van der Waals surface area contributed by atoms with Crippen LogP contribution in [0.2, 0.25) is 0 Å². The lowest BCUT2D eigenvalue weighted by Gasteiger charge is -2.08. The zero-order chi connectivity index (χ0) is 11.2. The molecule has 0 saturated heterocycles. The van der Waals surface area contributed by atoms with Crippen molar-refractivity contribution in [3.63, 3.8) is 0 Å². The summed E-state index contributed by atoms with van der Waals surface area (Å²) in [5.74, 6) is -1.87. The molecule has 0 aromatic heterocycles. The number of hydrogen-bond donors (Lipinski definition) is 1. The van der Waals surface area contributed by atoms with Gasteiger partial charge < -0.3 is 5.32 Å². The number of benzene rings is 1. The molecule has 0 aliphatic carbocycles. The molecular formula is C9H9F2NO2S. The van der Waals surface area contributed by atoms with E-state index in [1.807, 2.05) is 0 Å². The summed E-state index contributed by atoms with van der Waals surface area (Å²) in [6.07, 6.45) is 0. The van der Waals surface area contributed by atoms with Gasteiger partial charge in [0.15, 0.2) is 9.84 Å². The largest absolute Gasteiger partial charge is 0.312 e. The SMILES string of the molecule is CNC1CS(=O)(=O)c2c(F)ccc(F)c21. The fraction of sp³-hybridized carbons (Fsp3) is 0.333. The van der Waals surface area contributed by atoms with Crippen molar-refractivity contribution in [2.24, 2.45) is 0 Å². The Labute approximate surface area is 86.0 Å². The van der Waals surface area contributed by atoms with Gasteiger partial charge >= 0.3 is 0 Å². The highest BCUT2D eigenvalue weighted by molar-refractivity contribution is 7.91. The van der Waals surface area contributed by atoms with Gasteiger partial charge in [0.1, 0.15) is 16.5 Å². The first-order chi connectivity index (χ1) is 6.97. The summed E-state index contributed by atoms with van der Waals surface area (Å²) in [6, 6.07) is 1.11. The summed E-state index contributed by atoms with van der Waals surface area (Å²) in [4.78, 5) is -0.498. The molecule has 15 heavy (non-hydrogen) atoms. The topological polar surface area (TPSA) is 46.2 Å². The summed E-state index contributed by atoms with van der Waals surface area (Å²) in [7, 11) is -2.18. The molecule has 0 radical (unpaired) electrons.